The minimum atomic E-state index is -0.362. The summed E-state index contributed by atoms with van der Waals surface area (Å²) in [7, 11) is 0. The molecule has 0 N–H and O–H groups in total. The van der Waals surface area contributed by atoms with Crippen molar-refractivity contribution in [1.82, 2.24) is 19.6 Å². The maximum absolute atomic E-state index is 14.2. The number of halogens is 1. The molecule has 29 heavy (non-hydrogen) atoms. The van der Waals surface area contributed by atoms with Crippen molar-refractivity contribution < 1.29 is 4.39 Å². The second kappa shape index (κ2) is 7.13. The van der Waals surface area contributed by atoms with Crippen LogP contribution in [0.25, 0.3) is 16.9 Å². The van der Waals surface area contributed by atoms with Crippen LogP contribution in [0.4, 0.5) is 4.39 Å². The first kappa shape index (κ1) is 17.6. The van der Waals surface area contributed by atoms with Crippen LogP contribution in [0.2, 0.25) is 0 Å². The SMILES string of the molecule is O=c1ccc(-c2ccccc2F)nn1Cc1nn(-c2ccccc2)c2c1CCC2. The van der Waals surface area contributed by atoms with Crippen LogP contribution in [0.3, 0.4) is 0 Å². The van der Waals surface area contributed by atoms with Crippen LogP contribution in [0.15, 0.2) is 71.5 Å². The van der Waals surface area contributed by atoms with Gasteiger partial charge in [-0.3, -0.25) is 4.79 Å². The number of fused-ring (bicyclic) bond motifs is 1. The second-order valence-corrected chi connectivity index (χ2v) is 7.17. The maximum atomic E-state index is 14.2. The van der Waals surface area contributed by atoms with Gasteiger partial charge in [-0.15, -0.1) is 0 Å². The number of hydrogen-bond donors (Lipinski definition) is 0. The van der Waals surface area contributed by atoms with Crippen LogP contribution in [0.5, 0.6) is 0 Å². The molecule has 0 aliphatic heterocycles. The minimum absolute atomic E-state index is 0.230. The Morgan fingerprint density at radius 2 is 1.69 bits per heavy atom. The Hall–Kier alpha value is -3.54. The lowest BCUT2D eigenvalue weighted by molar-refractivity contribution is 0.609. The van der Waals surface area contributed by atoms with Crippen molar-refractivity contribution in [2.45, 2.75) is 25.8 Å². The fraction of sp³-hybridized carbons (Fsp3) is 0.174. The average molecular weight is 386 g/mol. The molecule has 0 spiro atoms. The van der Waals surface area contributed by atoms with Crippen molar-refractivity contribution in [3.63, 3.8) is 0 Å². The van der Waals surface area contributed by atoms with Gasteiger partial charge in [0.25, 0.3) is 5.56 Å². The zero-order valence-corrected chi connectivity index (χ0v) is 15.8. The van der Waals surface area contributed by atoms with Gasteiger partial charge in [0.15, 0.2) is 0 Å². The lowest BCUT2D eigenvalue weighted by Gasteiger charge is -2.08. The quantitative estimate of drug-likeness (QED) is 0.536. The molecule has 0 amide bonds. The van der Waals surface area contributed by atoms with Gasteiger partial charge in [-0.05, 0) is 55.2 Å². The summed E-state index contributed by atoms with van der Waals surface area (Å²) in [4.78, 5) is 12.4. The lowest BCUT2D eigenvalue weighted by Crippen LogP contribution is -2.23. The molecule has 2 heterocycles. The van der Waals surface area contributed by atoms with E-state index < -0.39 is 0 Å². The molecule has 0 fully saturated rings. The molecule has 5 nitrogen and oxygen atoms in total. The number of nitrogens with zero attached hydrogens (tertiary/aromatic N) is 4. The molecule has 0 radical (unpaired) electrons. The normalized spacial score (nSPS) is 12.9. The molecule has 2 aromatic heterocycles. The van der Waals surface area contributed by atoms with Crippen LogP contribution in [-0.4, -0.2) is 19.6 Å². The van der Waals surface area contributed by atoms with Crippen molar-refractivity contribution in [2.75, 3.05) is 0 Å². The third-order valence-corrected chi connectivity index (χ3v) is 5.33. The van der Waals surface area contributed by atoms with Crippen LogP contribution in [-0.2, 0) is 19.4 Å². The first-order valence-electron chi connectivity index (χ1n) is 9.69. The number of benzene rings is 2. The van der Waals surface area contributed by atoms with E-state index in [0.717, 1.165) is 30.6 Å². The summed E-state index contributed by atoms with van der Waals surface area (Å²) >= 11 is 0. The highest BCUT2D eigenvalue weighted by molar-refractivity contribution is 5.58. The fourth-order valence-electron chi connectivity index (χ4n) is 3.94. The summed E-state index contributed by atoms with van der Waals surface area (Å²) in [5.41, 5.74) is 4.83. The predicted octanol–water partition coefficient (Wildman–Crippen LogP) is 3.77. The van der Waals surface area contributed by atoms with Crippen LogP contribution < -0.4 is 5.56 Å². The lowest BCUT2D eigenvalue weighted by atomic mass is 10.1. The standard InChI is InChI=1S/C23H19FN4O/c24-19-11-5-4-9-17(19)20-13-14-23(29)27(25-20)15-21-18-10-6-12-22(18)28(26-21)16-7-2-1-3-8-16/h1-5,7-9,11,13-14H,6,10,12,15H2. The second-order valence-electron chi connectivity index (χ2n) is 7.17. The van der Waals surface area contributed by atoms with Crippen molar-refractivity contribution in [2.24, 2.45) is 0 Å². The molecule has 1 aliphatic carbocycles. The van der Waals surface area contributed by atoms with E-state index in [4.69, 9.17) is 5.10 Å². The Bertz CT molecular complexity index is 1240. The van der Waals surface area contributed by atoms with Crippen LogP contribution in [0.1, 0.15) is 23.4 Å². The summed E-state index contributed by atoms with van der Waals surface area (Å²) < 4.78 is 17.5. The smallest absolute Gasteiger partial charge is 0.267 e. The third kappa shape index (κ3) is 3.16. The molecular weight excluding hydrogens is 367 g/mol. The van der Waals surface area contributed by atoms with E-state index in [1.54, 1.807) is 24.3 Å². The Kier molecular flexibility index (Phi) is 4.31. The van der Waals surface area contributed by atoms with E-state index in [-0.39, 0.29) is 17.9 Å². The number of aromatic nitrogens is 4. The topological polar surface area (TPSA) is 52.7 Å². The third-order valence-electron chi connectivity index (χ3n) is 5.33. The Labute approximate surface area is 167 Å². The highest BCUT2D eigenvalue weighted by Crippen LogP contribution is 2.28. The zero-order valence-electron chi connectivity index (χ0n) is 15.8. The monoisotopic (exact) mass is 386 g/mol. The Morgan fingerprint density at radius 1 is 0.897 bits per heavy atom. The molecule has 0 bridgehead atoms. The molecule has 5 rings (SSSR count). The van der Waals surface area contributed by atoms with E-state index in [0.29, 0.717) is 11.3 Å². The van der Waals surface area contributed by atoms with Gasteiger partial charge in [0, 0.05) is 17.3 Å². The van der Waals surface area contributed by atoms with Gasteiger partial charge in [0.2, 0.25) is 0 Å². The molecule has 0 atom stereocenters. The fourth-order valence-corrected chi connectivity index (χ4v) is 3.94. The molecule has 0 saturated carbocycles. The number of para-hydroxylation sites is 1. The van der Waals surface area contributed by atoms with Gasteiger partial charge in [-0.1, -0.05) is 30.3 Å². The molecule has 2 aromatic carbocycles. The largest absolute Gasteiger partial charge is 0.268 e. The van der Waals surface area contributed by atoms with E-state index in [9.17, 15) is 9.18 Å². The highest BCUT2D eigenvalue weighted by atomic mass is 19.1. The van der Waals surface area contributed by atoms with Gasteiger partial charge in [0.05, 0.1) is 23.6 Å². The summed E-state index contributed by atoms with van der Waals surface area (Å²) in [6, 6.07) is 19.4. The van der Waals surface area contributed by atoms with Crippen molar-refractivity contribution >= 4 is 0 Å². The van der Waals surface area contributed by atoms with Gasteiger partial charge in [0.1, 0.15) is 5.82 Å². The molecule has 6 heteroatoms. The molecule has 1 aliphatic rings. The van der Waals surface area contributed by atoms with E-state index in [1.165, 1.54) is 28.1 Å². The van der Waals surface area contributed by atoms with Crippen molar-refractivity contribution in [3.05, 3.63) is 99.9 Å². The van der Waals surface area contributed by atoms with Gasteiger partial charge < -0.3 is 0 Å². The van der Waals surface area contributed by atoms with E-state index in [1.807, 2.05) is 35.0 Å². The van der Waals surface area contributed by atoms with E-state index >= 15 is 0 Å². The first-order valence-corrected chi connectivity index (χ1v) is 9.69. The first-order chi connectivity index (χ1) is 14.2. The summed E-state index contributed by atoms with van der Waals surface area (Å²) in [6.07, 6.45) is 2.98. The molecule has 144 valence electrons. The predicted molar refractivity (Wildman–Crippen MR) is 109 cm³/mol. The molecule has 4 aromatic rings. The van der Waals surface area contributed by atoms with Crippen LogP contribution in [0, 0.1) is 5.82 Å². The Morgan fingerprint density at radius 3 is 2.52 bits per heavy atom. The Balaban J connectivity index is 1.56. The van der Waals surface area contributed by atoms with Gasteiger partial charge in [-0.25, -0.2) is 13.8 Å². The minimum Gasteiger partial charge on any atom is -0.268 e. The summed E-state index contributed by atoms with van der Waals surface area (Å²) in [5.74, 6) is -0.362. The molecule has 0 unspecified atom stereocenters. The molecule has 0 saturated heterocycles. The summed E-state index contributed by atoms with van der Waals surface area (Å²) in [6.45, 7) is 0.267. The van der Waals surface area contributed by atoms with Crippen molar-refractivity contribution in [3.8, 4) is 16.9 Å². The number of rotatable bonds is 4. The van der Waals surface area contributed by atoms with E-state index in [2.05, 4.69) is 5.10 Å². The van der Waals surface area contributed by atoms with Crippen molar-refractivity contribution in [1.29, 1.82) is 0 Å². The highest BCUT2D eigenvalue weighted by Gasteiger charge is 2.23. The maximum Gasteiger partial charge on any atom is 0.267 e. The molecular formula is C23H19FN4O. The zero-order chi connectivity index (χ0) is 19.8. The average Bonchev–Trinajstić information content (AvgIpc) is 3.35. The van der Waals surface area contributed by atoms with Gasteiger partial charge in [-0.2, -0.15) is 10.2 Å². The van der Waals surface area contributed by atoms with Gasteiger partial charge >= 0.3 is 0 Å². The summed E-state index contributed by atoms with van der Waals surface area (Å²) in [5, 5.41) is 9.22. The van der Waals surface area contributed by atoms with Crippen LogP contribution >= 0.6 is 0 Å². The number of hydrogen-bond acceptors (Lipinski definition) is 3.